The van der Waals surface area contributed by atoms with Gasteiger partial charge in [-0.05, 0) is 38.8 Å². The standard InChI is InChI=1S/C21H24N8O8S2/c1-9(19(35)36-21(2,3)4)37-27-12(11-7-39-20(25-11)23-8-30)15(31)26-13-16(32)29-14(18(33)34)10(5-24-28-22)6-38-17(13)29/h7-9,13,17H,5-6H2,1-4H3,(H,26,31)(H,33,34)(H,23,25,30)/t9?,13?,17-/m0/s1. The molecule has 0 saturated carbocycles. The Morgan fingerprint density at radius 1 is 1.41 bits per heavy atom. The normalized spacial score (nSPS) is 19.6. The maximum absolute atomic E-state index is 13.2. The lowest BCUT2D eigenvalue weighted by Crippen LogP contribution is -2.71. The third kappa shape index (κ3) is 6.84. The van der Waals surface area contributed by atoms with E-state index in [2.05, 4.69) is 30.8 Å². The number of thioether (sulfide) groups is 1. The summed E-state index contributed by atoms with van der Waals surface area (Å²) in [5.74, 6) is -3.54. The molecule has 2 aliphatic heterocycles. The van der Waals surface area contributed by atoms with E-state index >= 15 is 0 Å². The van der Waals surface area contributed by atoms with Crippen molar-refractivity contribution < 1.29 is 38.7 Å². The van der Waals surface area contributed by atoms with E-state index < -0.39 is 52.6 Å². The molecule has 3 rings (SSSR count). The van der Waals surface area contributed by atoms with Crippen molar-refractivity contribution in [2.24, 2.45) is 10.3 Å². The molecular formula is C21H24N8O8S2. The van der Waals surface area contributed by atoms with Gasteiger partial charge in [-0.3, -0.25) is 19.3 Å². The number of carboxylic acids is 1. The number of aliphatic carboxylic acids is 1. The highest BCUT2D eigenvalue weighted by Crippen LogP contribution is 2.40. The first-order chi connectivity index (χ1) is 18.4. The molecule has 0 bridgehead atoms. The number of nitrogens with one attached hydrogen (secondary N) is 2. The fourth-order valence-corrected chi connectivity index (χ4v) is 5.38. The zero-order chi connectivity index (χ0) is 28.9. The van der Waals surface area contributed by atoms with Gasteiger partial charge in [-0.15, -0.1) is 23.1 Å². The van der Waals surface area contributed by atoms with Crippen molar-refractivity contribution in [3.63, 3.8) is 0 Å². The van der Waals surface area contributed by atoms with Crippen molar-refractivity contribution in [1.29, 1.82) is 0 Å². The summed E-state index contributed by atoms with van der Waals surface area (Å²) in [6.45, 7) is 6.16. The van der Waals surface area contributed by atoms with E-state index in [1.165, 1.54) is 24.1 Å². The average Bonchev–Trinajstić information content (AvgIpc) is 3.32. The van der Waals surface area contributed by atoms with E-state index in [0.29, 0.717) is 6.41 Å². The summed E-state index contributed by atoms with van der Waals surface area (Å²) in [4.78, 5) is 74.0. The van der Waals surface area contributed by atoms with Gasteiger partial charge in [-0.1, -0.05) is 10.3 Å². The van der Waals surface area contributed by atoms with Gasteiger partial charge in [-0.25, -0.2) is 14.6 Å². The van der Waals surface area contributed by atoms with Crippen LogP contribution in [0.15, 0.2) is 26.9 Å². The molecule has 0 aromatic carbocycles. The zero-order valence-corrected chi connectivity index (χ0v) is 22.7. The van der Waals surface area contributed by atoms with Crippen molar-refractivity contribution in [3.05, 3.63) is 32.8 Å². The van der Waals surface area contributed by atoms with Gasteiger partial charge in [0, 0.05) is 16.0 Å². The van der Waals surface area contributed by atoms with Crippen LogP contribution in [0.2, 0.25) is 0 Å². The number of oxime groups is 1. The Kier molecular flexibility index (Phi) is 9.15. The second-order valence-electron chi connectivity index (χ2n) is 9.03. The number of carboxylic acid groups (broad SMARTS) is 1. The molecule has 39 heavy (non-hydrogen) atoms. The first-order valence-corrected chi connectivity index (χ1v) is 13.1. The van der Waals surface area contributed by atoms with Crippen LogP contribution in [0.3, 0.4) is 0 Å². The zero-order valence-electron chi connectivity index (χ0n) is 21.1. The minimum atomic E-state index is -1.37. The molecule has 2 unspecified atom stereocenters. The highest BCUT2D eigenvalue weighted by Gasteiger charge is 2.54. The molecule has 2 aliphatic rings. The number of hydrogen-bond acceptors (Lipinski definition) is 12. The Morgan fingerprint density at radius 3 is 2.74 bits per heavy atom. The van der Waals surface area contributed by atoms with Gasteiger partial charge in [0.2, 0.25) is 12.5 Å². The molecular weight excluding hydrogens is 556 g/mol. The summed E-state index contributed by atoms with van der Waals surface area (Å²) in [6, 6.07) is -1.11. The molecule has 1 aromatic rings. The second kappa shape index (κ2) is 12.1. The molecule has 3 atom stereocenters. The Balaban J connectivity index is 1.83. The number of aromatic nitrogens is 1. The molecule has 16 nitrogen and oxygen atoms in total. The third-order valence-electron chi connectivity index (χ3n) is 5.05. The van der Waals surface area contributed by atoms with Gasteiger partial charge in [0.1, 0.15) is 28.4 Å². The molecule has 0 aliphatic carbocycles. The monoisotopic (exact) mass is 580 g/mol. The molecule has 208 valence electrons. The molecule has 3 N–H and O–H groups in total. The fourth-order valence-electron chi connectivity index (χ4n) is 3.39. The molecule has 1 fully saturated rings. The predicted octanol–water partition coefficient (Wildman–Crippen LogP) is 1.21. The van der Waals surface area contributed by atoms with Crippen molar-refractivity contribution in [3.8, 4) is 0 Å². The van der Waals surface area contributed by atoms with Crippen molar-refractivity contribution in [1.82, 2.24) is 15.2 Å². The lowest BCUT2D eigenvalue weighted by atomic mass is 10.0. The van der Waals surface area contributed by atoms with Crippen molar-refractivity contribution in [2.45, 2.75) is 50.8 Å². The van der Waals surface area contributed by atoms with Gasteiger partial charge in [0.25, 0.3) is 11.8 Å². The van der Waals surface area contributed by atoms with Crippen LogP contribution in [-0.4, -0.2) is 86.3 Å². The molecule has 18 heteroatoms. The molecule has 1 saturated heterocycles. The van der Waals surface area contributed by atoms with E-state index in [1.54, 1.807) is 20.8 Å². The molecule has 3 heterocycles. The van der Waals surface area contributed by atoms with Crippen molar-refractivity contribution in [2.75, 3.05) is 17.6 Å². The number of azide groups is 1. The Hall–Kier alpha value is -4.15. The van der Waals surface area contributed by atoms with Crippen LogP contribution in [0.1, 0.15) is 33.4 Å². The van der Waals surface area contributed by atoms with Gasteiger partial charge < -0.3 is 25.3 Å². The lowest BCUT2D eigenvalue weighted by Gasteiger charge is -2.49. The largest absolute Gasteiger partial charge is 0.477 e. The van der Waals surface area contributed by atoms with Crippen LogP contribution < -0.4 is 10.6 Å². The summed E-state index contributed by atoms with van der Waals surface area (Å²) < 4.78 is 5.23. The van der Waals surface area contributed by atoms with Gasteiger partial charge in [0.15, 0.2) is 10.8 Å². The van der Waals surface area contributed by atoms with E-state index in [4.69, 9.17) is 15.1 Å². The summed E-state index contributed by atoms with van der Waals surface area (Å²) in [5.41, 5.74) is 7.33. The minimum absolute atomic E-state index is 0.0130. The van der Waals surface area contributed by atoms with Crippen LogP contribution >= 0.6 is 23.1 Å². The molecule has 0 radical (unpaired) electrons. The summed E-state index contributed by atoms with van der Waals surface area (Å²) in [5, 5.41) is 22.5. The number of carbonyl (C=O) groups is 5. The number of nitrogens with zero attached hydrogens (tertiary/aromatic N) is 6. The number of fused-ring (bicyclic) bond motifs is 1. The number of thiazole rings is 1. The molecule has 0 spiro atoms. The highest BCUT2D eigenvalue weighted by molar-refractivity contribution is 8.00. The van der Waals surface area contributed by atoms with Crippen LogP contribution in [-0.2, 0) is 33.5 Å². The van der Waals surface area contributed by atoms with Crippen LogP contribution in [0.25, 0.3) is 10.4 Å². The maximum atomic E-state index is 13.2. The van der Waals surface area contributed by atoms with E-state index in [1.807, 2.05) is 0 Å². The number of carbonyl (C=O) groups excluding carboxylic acids is 4. The van der Waals surface area contributed by atoms with Crippen molar-refractivity contribution >= 4 is 64.1 Å². The topological polar surface area (TPSA) is 225 Å². The quantitative estimate of drug-likeness (QED) is 0.0495. The average molecular weight is 581 g/mol. The minimum Gasteiger partial charge on any atom is -0.477 e. The SMILES string of the molecule is CC(ON=C(C(=O)NC1C(=O)N2C(C(=O)O)=C(CN=[N+]=[N-])CS[C@@H]12)c1csc(NC=O)n1)C(=O)OC(C)(C)C. The smallest absolute Gasteiger partial charge is 0.352 e. The van der Waals surface area contributed by atoms with Crippen LogP contribution in [0.5, 0.6) is 0 Å². The Morgan fingerprint density at radius 2 is 2.13 bits per heavy atom. The fraction of sp³-hybridized carbons (Fsp3) is 0.476. The summed E-state index contributed by atoms with van der Waals surface area (Å²) in [6.07, 6.45) is -0.808. The number of amides is 3. The van der Waals surface area contributed by atoms with Crippen LogP contribution in [0.4, 0.5) is 5.13 Å². The number of hydrogen-bond donors (Lipinski definition) is 3. The third-order valence-corrected chi connectivity index (χ3v) is 7.16. The van der Waals surface area contributed by atoms with E-state index in [-0.39, 0.29) is 34.4 Å². The van der Waals surface area contributed by atoms with Crippen LogP contribution in [0, 0.1) is 0 Å². The summed E-state index contributed by atoms with van der Waals surface area (Å²) in [7, 11) is 0. The lowest BCUT2D eigenvalue weighted by molar-refractivity contribution is -0.167. The highest BCUT2D eigenvalue weighted by atomic mass is 32.2. The number of esters is 1. The van der Waals surface area contributed by atoms with E-state index in [9.17, 15) is 29.1 Å². The Bertz CT molecular complexity index is 1300. The second-order valence-corrected chi connectivity index (χ2v) is 11.0. The van der Waals surface area contributed by atoms with Gasteiger partial charge >= 0.3 is 11.9 Å². The number of β-lactam (4-membered cyclic amide) rings is 1. The number of anilines is 1. The number of rotatable bonds is 11. The summed E-state index contributed by atoms with van der Waals surface area (Å²) >= 11 is 2.17. The van der Waals surface area contributed by atoms with Gasteiger partial charge in [-0.2, -0.15) is 0 Å². The van der Waals surface area contributed by atoms with E-state index in [0.717, 1.165) is 16.2 Å². The molecule has 1 aromatic heterocycles. The predicted molar refractivity (Wildman–Crippen MR) is 138 cm³/mol. The first-order valence-electron chi connectivity index (χ1n) is 11.2. The number of ether oxygens (including phenoxy) is 1. The Labute approximate surface area is 229 Å². The maximum Gasteiger partial charge on any atom is 0.352 e. The first kappa shape index (κ1) is 29.4. The van der Waals surface area contributed by atoms with Gasteiger partial charge in [0.05, 0.1) is 6.54 Å². The molecule has 3 amide bonds.